The fraction of sp³-hybridized carbons (Fsp3) is 0.417. The van der Waals surface area contributed by atoms with E-state index >= 15 is 0 Å². The number of unbranched alkanes of at least 4 members (excludes halogenated alkanes) is 2. The van der Waals surface area contributed by atoms with E-state index in [2.05, 4.69) is 28.2 Å². The maximum atomic E-state index is 13.4. The van der Waals surface area contributed by atoms with Gasteiger partial charge in [0.2, 0.25) is 5.91 Å². The second-order valence-electron chi connectivity index (χ2n) is 3.63. The Labute approximate surface area is 103 Å². The Hall–Kier alpha value is -0.900. The Morgan fingerprint density at radius 1 is 1.44 bits per heavy atom. The molecule has 0 saturated carbocycles. The van der Waals surface area contributed by atoms with Crippen LogP contribution in [0.1, 0.15) is 32.6 Å². The van der Waals surface area contributed by atoms with E-state index in [1.54, 1.807) is 12.1 Å². The number of amides is 1. The predicted molar refractivity (Wildman–Crippen MR) is 66.9 cm³/mol. The fourth-order valence-electron chi connectivity index (χ4n) is 1.34. The summed E-state index contributed by atoms with van der Waals surface area (Å²) in [5.74, 6) is -0.548. The number of carbonyl (C=O) groups excluding carboxylic acids is 1. The van der Waals surface area contributed by atoms with Gasteiger partial charge in [-0.3, -0.25) is 4.79 Å². The number of benzene rings is 1. The molecule has 0 radical (unpaired) electrons. The molecule has 16 heavy (non-hydrogen) atoms. The number of hydrogen-bond acceptors (Lipinski definition) is 1. The minimum absolute atomic E-state index is 0.130. The maximum Gasteiger partial charge on any atom is 0.224 e. The smallest absolute Gasteiger partial charge is 0.224 e. The van der Waals surface area contributed by atoms with Crippen molar-refractivity contribution in [3.8, 4) is 0 Å². The van der Waals surface area contributed by atoms with Crippen molar-refractivity contribution in [1.82, 2.24) is 0 Å². The number of rotatable bonds is 5. The SMILES string of the molecule is CCCCCC(=O)Nc1ccc(Br)cc1F. The van der Waals surface area contributed by atoms with Gasteiger partial charge in [-0.1, -0.05) is 35.7 Å². The molecule has 2 nitrogen and oxygen atoms in total. The molecule has 0 saturated heterocycles. The van der Waals surface area contributed by atoms with Crippen molar-refractivity contribution in [3.63, 3.8) is 0 Å². The molecule has 0 unspecified atom stereocenters. The zero-order valence-electron chi connectivity index (χ0n) is 9.22. The van der Waals surface area contributed by atoms with Crippen LogP contribution >= 0.6 is 15.9 Å². The zero-order valence-corrected chi connectivity index (χ0v) is 10.8. The van der Waals surface area contributed by atoms with Crippen molar-refractivity contribution < 1.29 is 9.18 Å². The van der Waals surface area contributed by atoms with Gasteiger partial charge in [0.05, 0.1) is 5.69 Å². The van der Waals surface area contributed by atoms with Crippen LogP contribution in [0.25, 0.3) is 0 Å². The van der Waals surface area contributed by atoms with Gasteiger partial charge in [-0.15, -0.1) is 0 Å². The first-order valence-corrected chi connectivity index (χ1v) is 6.17. The molecule has 0 aromatic heterocycles. The summed E-state index contributed by atoms with van der Waals surface area (Å²) in [4.78, 5) is 11.4. The van der Waals surface area contributed by atoms with Gasteiger partial charge in [0.15, 0.2) is 0 Å². The van der Waals surface area contributed by atoms with E-state index in [-0.39, 0.29) is 11.6 Å². The molecule has 0 aliphatic rings. The number of nitrogens with one attached hydrogen (secondary N) is 1. The van der Waals surface area contributed by atoms with Crippen molar-refractivity contribution in [2.75, 3.05) is 5.32 Å². The van der Waals surface area contributed by atoms with Gasteiger partial charge in [-0.25, -0.2) is 4.39 Å². The summed E-state index contributed by atoms with van der Waals surface area (Å²) in [6.45, 7) is 2.08. The van der Waals surface area contributed by atoms with Crippen LogP contribution in [0.3, 0.4) is 0 Å². The first-order valence-electron chi connectivity index (χ1n) is 5.38. The topological polar surface area (TPSA) is 29.1 Å². The highest BCUT2D eigenvalue weighted by molar-refractivity contribution is 9.10. The molecule has 1 aromatic rings. The lowest BCUT2D eigenvalue weighted by Gasteiger charge is -2.06. The molecule has 0 aliphatic carbocycles. The Bertz CT molecular complexity index is 368. The Morgan fingerprint density at radius 3 is 2.81 bits per heavy atom. The molecule has 0 aliphatic heterocycles. The third kappa shape index (κ3) is 4.31. The first kappa shape index (κ1) is 13.2. The summed E-state index contributed by atoms with van der Waals surface area (Å²) < 4.78 is 14.0. The summed E-state index contributed by atoms with van der Waals surface area (Å²) in [7, 11) is 0. The normalized spacial score (nSPS) is 10.2. The van der Waals surface area contributed by atoms with Crippen LogP contribution in [-0.2, 0) is 4.79 Å². The largest absolute Gasteiger partial charge is 0.324 e. The molecule has 1 rings (SSSR count). The highest BCUT2D eigenvalue weighted by Crippen LogP contribution is 2.19. The van der Waals surface area contributed by atoms with Gasteiger partial charge >= 0.3 is 0 Å². The summed E-state index contributed by atoms with van der Waals surface area (Å²) in [6.07, 6.45) is 3.39. The third-order valence-corrected chi connectivity index (χ3v) is 2.71. The van der Waals surface area contributed by atoms with Crippen LogP contribution in [0, 0.1) is 5.82 Å². The van der Waals surface area contributed by atoms with Crippen LogP contribution < -0.4 is 5.32 Å². The van der Waals surface area contributed by atoms with Gasteiger partial charge in [0, 0.05) is 10.9 Å². The molecular weight excluding hydrogens is 273 g/mol. The molecule has 88 valence electrons. The van der Waals surface area contributed by atoms with Gasteiger partial charge in [-0.05, 0) is 24.6 Å². The average molecular weight is 288 g/mol. The molecule has 0 heterocycles. The highest BCUT2D eigenvalue weighted by Gasteiger charge is 2.06. The molecule has 1 aromatic carbocycles. The lowest BCUT2D eigenvalue weighted by Crippen LogP contribution is -2.12. The van der Waals surface area contributed by atoms with E-state index in [0.717, 1.165) is 19.3 Å². The second-order valence-corrected chi connectivity index (χ2v) is 4.55. The Kier molecular flexibility index (Phi) is 5.46. The van der Waals surface area contributed by atoms with E-state index in [0.29, 0.717) is 10.9 Å². The van der Waals surface area contributed by atoms with Crippen LogP contribution in [0.2, 0.25) is 0 Å². The molecule has 1 amide bonds. The number of hydrogen-bond donors (Lipinski definition) is 1. The Morgan fingerprint density at radius 2 is 2.19 bits per heavy atom. The summed E-state index contributed by atoms with van der Waals surface area (Å²) in [5, 5.41) is 2.56. The van der Waals surface area contributed by atoms with Crippen molar-refractivity contribution in [3.05, 3.63) is 28.5 Å². The molecule has 1 N–H and O–H groups in total. The molecule has 0 fully saturated rings. The minimum Gasteiger partial charge on any atom is -0.324 e. The van der Waals surface area contributed by atoms with Crippen molar-refractivity contribution in [2.45, 2.75) is 32.6 Å². The summed E-state index contributed by atoms with van der Waals surface area (Å²) >= 11 is 3.16. The lowest BCUT2D eigenvalue weighted by molar-refractivity contribution is -0.116. The van der Waals surface area contributed by atoms with Gasteiger partial charge < -0.3 is 5.32 Å². The van der Waals surface area contributed by atoms with Crippen molar-refractivity contribution >= 4 is 27.5 Å². The van der Waals surface area contributed by atoms with E-state index in [1.807, 2.05) is 0 Å². The van der Waals surface area contributed by atoms with E-state index in [1.165, 1.54) is 6.07 Å². The molecular formula is C12H15BrFNO. The standard InChI is InChI=1S/C12H15BrFNO/c1-2-3-4-5-12(16)15-11-7-6-9(13)8-10(11)14/h6-8H,2-5H2,1H3,(H,15,16). The zero-order chi connectivity index (χ0) is 12.0. The molecule has 0 spiro atoms. The van der Waals surface area contributed by atoms with Gasteiger partial charge in [0.1, 0.15) is 5.82 Å². The Balaban J connectivity index is 2.49. The van der Waals surface area contributed by atoms with Gasteiger partial charge in [-0.2, -0.15) is 0 Å². The van der Waals surface area contributed by atoms with Crippen LogP contribution in [-0.4, -0.2) is 5.91 Å². The van der Waals surface area contributed by atoms with Crippen molar-refractivity contribution in [1.29, 1.82) is 0 Å². The number of carbonyl (C=O) groups is 1. The quantitative estimate of drug-likeness (QED) is 0.812. The fourth-order valence-corrected chi connectivity index (χ4v) is 1.67. The van der Waals surface area contributed by atoms with Crippen LogP contribution in [0.15, 0.2) is 22.7 Å². The highest BCUT2D eigenvalue weighted by atomic mass is 79.9. The third-order valence-electron chi connectivity index (χ3n) is 2.21. The first-order chi connectivity index (χ1) is 7.63. The number of halogens is 2. The minimum atomic E-state index is -0.418. The maximum absolute atomic E-state index is 13.4. The van der Waals surface area contributed by atoms with Gasteiger partial charge in [0.25, 0.3) is 0 Å². The van der Waals surface area contributed by atoms with E-state index < -0.39 is 5.82 Å². The summed E-state index contributed by atoms with van der Waals surface area (Å²) in [6, 6.07) is 4.59. The average Bonchev–Trinajstić information content (AvgIpc) is 2.23. The lowest BCUT2D eigenvalue weighted by atomic mass is 10.2. The summed E-state index contributed by atoms with van der Waals surface area (Å²) in [5.41, 5.74) is 0.240. The van der Waals surface area contributed by atoms with Crippen LogP contribution in [0.5, 0.6) is 0 Å². The predicted octanol–water partition coefficient (Wildman–Crippen LogP) is 4.11. The van der Waals surface area contributed by atoms with Crippen LogP contribution in [0.4, 0.5) is 10.1 Å². The molecule has 4 heteroatoms. The molecule has 0 atom stereocenters. The van der Waals surface area contributed by atoms with Crippen molar-refractivity contribution in [2.24, 2.45) is 0 Å². The second kappa shape index (κ2) is 6.63. The molecule has 0 bridgehead atoms. The van der Waals surface area contributed by atoms with E-state index in [9.17, 15) is 9.18 Å². The monoisotopic (exact) mass is 287 g/mol. The van der Waals surface area contributed by atoms with E-state index in [4.69, 9.17) is 0 Å². The number of anilines is 1.